The highest BCUT2D eigenvalue weighted by molar-refractivity contribution is 9.10. The van der Waals surface area contributed by atoms with Gasteiger partial charge in [-0.25, -0.2) is 0 Å². The van der Waals surface area contributed by atoms with Crippen LogP contribution >= 0.6 is 15.9 Å². The first-order chi connectivity index (χ1) is 9.02. The van der Waals surface area contributed by atoms with Crippen LogP contribution in [-0.2, 0) is 4.74 Å². The fraction of sp³-hybridized carbons (Fsp3) is 0.500. The molecule has 0 aromatic heterocycles. The van der Waals surface area contributed by atoms with Gasteiger partial charge in [0.15, 0.2) is 6.23 Å². The Morgan fingerprint density at radius 2 is 1.84 bits per heavy atom. The van der Waals surface area contributed by atoms with Gasteiger partial charge in [-0.1, -0.05) is 15.9 Å². The number of hydrogen-bond acceptors (Lipinski definition) is 6. The predicted molar refractivity (Wildman–Crippen MR) is 71.5 cm³/mol. The van der Waals surface area contributed by atoms with Crippen LogP contribution in [0, 0.1) is 0 Å². The summed E-state index contributed by atoms with van der Waals surface area (Å²) in [6.07, 6.45) is -5.54. The van der Waals surface area contributed by atoms with Gasteiger partial charge < -0.3 is 30.5 Å². The maximum atomic E-state index is 9.85. The minimum absolute atomic E-state index is 0.542. The molecule has 1 aromatic rings. The van der Waals surface area contributed by atoms with Crippen LogP contribution in [0.2, 0.25) is 0 Å². The molecule has 106 valence electrons. The number of rotatable bonds is 4. The number of hydrogen-bond donors (Lipinski definition) is 5. The van der Waals surface area contributed by atoms with Gasteiger partial charge in [0.05, 0.1) is 6.61 Å². The number of aliphatic hydroxyl groups is 4. The van der Waals surface area contributed by atoms with Crippen LogP contribution in [0.1, 0.15) is 0 Å². The molecule has 0 radical (unpaired) electrons. The molecule has 2 rings (SSSR count). The van der Waals surface area contributed by atoms with Crippen molar-refractivity contribution >= 4 is 21.6 Å². The standard InChI is InChI=1S/C12H16BrNO5/c13-6-1-3-7(4-2-6)14-12-10(18)9(17)11(19-12)8(16)5-15/h1-4,8-12,14-18H,5H2/t8-,9+,10-,11+,12-/m1/s1. The molecule has 0 bridgehead atoms. The number of halogens is 1. The zero-order valence-corrected chi connectivity index (χ0v) is 11.6. The Morgan fingerprint density at radius 1 is 1.21 bits per heavy atom. The van der Waals surface area contributed by atoms with Gasteiger partial charge in [0.2, 0.25) is 0 Å². The third-order valence-electron chi connectivity index (χ3n) is 3.02. The van der Waals surface area contributed by atoms with Crippen LogP contribution < -0.4 is 5.32 Å². The van der Waals surface area contributed by atoms with E-state index in [1.165, 1.54) is 0 Å². The van der Waals surface area contributed by atoms with Crippen LogP contribution in [0.5, 0.6) is 0 Å². The Kier molecular flexibility index (Phi) is 4.77. The third-order valence-corrected chi connectivity index (χ3v) is 3.55. The summed E-state index contributed by atoms with van der Waals surface area (Å²) in [7, 11) is 0. The van der Waals surface area contributed by atoms with E-state index in [9.17, 15) is 15.3 Å². The Balaban J connectivity index is 2.03. The summed E-state index contributed by atoms with van der Waals surface area (Å²) in [6, 6.07) is 7.20. The normalized spacial score (nSPS) is 32.3. The largest absolute Gasteiger partial charge is 0.394 e. The fourth-order valence-corrected chi connectivity index (χ4v) is 2.22. The molecule has 6 nitrogen and oxygen atoms in total. The van der Waals surface area contributed by atoms with Crippen molar-refractivity contribution < 1.29 is 25.2 Å². The molecule has 0 unspecified atom stereocenters. The van der Waals surface area contributed by atoms with Gasteiger partial charge in [-0.2, -0.15) is 0 Å². The van der Waals surface area contributed by atoms with Gasteiger partial charge in [0.25, 0.3) is 0 Å². The van der Waals surface area contributed by atoms with Gasteiger partial charge >= 0.3 is 0 Å². The Morgan fingerprint density at radius 3 is 2.42 bits per heavy atom. The highest BCUT2D eigenvalue weighted by atomic mass is 79.9. The lowest BCUT2D eigenvalue weighted by Gasteiger charge is -2.19. The second-order valence-electron chi connectivity index (χ2n) is 4.40. The highest BCUT2D eigenvalue weighted by Crippen LogP contribution is 2.25. The van der Waals surface area contributed by atoms with Crippen LogP contribution in [0.15, 0.2) is 28.7 Å². The molecule has 1 aliphatic heterocycles. The first-order valence-corrected chi connectivity index (χ1v) is 6.65. The fourth-order valence-electron chi connectivity index (χ4n) is 1.96. The lowest BCUT2D eigenvalue weighted by molar-refractivity contribution is -0.0774. The van der Waals surface area contributed by atoms with Gasteiger partial charge in [0, 0.05) is 10.2 Å². The summed E-state index contributed by atoms with van der Waals surface area (Å²) in [4.78, 5) is 0. The van der Waals surface area contributed by atoms with Crippen LogP contribution in [0.25, 0.3) is 0 Å². The van der Waals surface area contributed by atoms with Crippen molar-refractivity contribution in [3.63, 3.8) is 0 Å². The molecule has 1 fully saturated rings. The Labute approximate surface area is 118 Å². The average Bonchev–Trinajstić information content (AvgIpc) is 2.69. The topological polar surface area (TPSA) is 102 Å². The van der Waals surface area contributed by atoms with Gasteiger partial charge in [-0.3, -0.25) is 0 Å². The Hall–Kier alpha value is -0.700. The van der Waals surface area contributed by atoms with E-state index in [0.717, 1.165) is 4.47 Å². The number of aliphatic hydroxyl groups excluding tert-OH is 4. The number of benzene rings is 1. The molecule has 0 amide bonds. The minimum Gasteiger partial charge on any atom is -0.394 e. The summed E-state index contributed by atoms with van der Waals surface area (Å²) in [5.41, 5.74) is 0.707. The quantitative estimate of drug-likeness (QED) is 0.516. The van der Waals surface area contributed by atoms with Crippen molar-refractivity contribution in [2.45, 2.75) is 30.6 Å². The van der Waals surface area contributed by atoms with E-state index in [2.05, 4.69) is 21.2 Å². The first-order valence-electron chi connectivity index (χ1n) is 5.85. The van der Waals surface area contributed by atoms with Gasteiger partial charge in [-0.15, -0.1) is 0 Å². The molecule has 5 atom stereocenters. The van der Waals surface area contributed by atoms with E-state index >= 15 is 0 Å². The maximum absolute atomic E-state index is 9.85. The van der Waals surface area contributed by atoms with E-state index in [1.807, 2.05) is 12.1 Å². The van der Waals surface area contributed by atoms with E-state index in [0.29, 0.717) is 5.69 Å². The zero-order chi connectivity index (χ0) is 14.0. The molecule has 5 N–H and O–H groups in total. The van der Waals surface area contributed by atoms with Crippen molar-refractivity contribution in [2.24, 2.45) is 0 Å². The molecule has 19 heavy (non-hydrogen) atoms. The van der Waals surface area contributed by atoms with Crippen molar-refractivity contribution in [1.29, 1.82) is 0 Å². The predicted octanol–water partition coefficient (Wildman–Crippen LogP) is -0.339. The van der Waals surface area contributed by atoms with Crippen molar-refractivity contribution in [2.75, 3.05) is 11.9 Å². The van der Waals surface area contributed by atoms with Crippen LogP contribution in [-0.4, -0.2) is 57.7 Å². The minimum atomic E-state index is -1.25. The summed E-state index contributed by atoms with van der Waals surface area (Å²) < 4.78 is 6.26. The molecule has 0 spiro atoms. The Bertz CT molecular complexity index is 415. The van der Waals surface area contributed by atoms with Crippen LogP contribution in [0.3, 0.4) is 0 Å². The SMILES string of the molecule is OC[C@@H](O)[C@@H]1O[C@@H](Nc2ccc(Br)cc2)[C@H](O)[C@@H]1O. The first kappa shape index (κ1) is 14.7. The molecule has 7 heteroatoms. The summed E-state index contributed by atoms with van der Waals surface area (Å²) in [5.74, 6) is 0. The lowest BCUT2D eigenvalue weighted by Crippen LogP contribution is -2.40. The summed E-state index contributed by atoms with van der Waals surface area (Å²) in [6.45, 7) is -0.542. The van der Waals surface area contributed by atoms with Crippen molar-refractivity contribution in [3.8, 4) is 0 Å². The lowest BCUT2D eigenvalue weighted by atomic mass is 10.1. The zero-order valence-electron chi connectivity index (χ0n) is 9.98. The summed E-state index contributed by atoms with van der Waals surface area (Å²) >= 11 is 3.31. The molecular weight excluding hydrogens is 318 g/mol. The smallest absolute Gasteiger partial charge is 0.157 e. The molecular formula is C12H16BrNO5. The average molecular weight is 334 g/mol. The van der Waals surface area contributed by atoms with Crippen molar-refractivity contribution in [1.82, 2.24) is 0 Å². The van der Waals surface area contributed by atoms with E-state index < -0.39 is 37.3 Å². The second kappa shape index (κ2) is 6.17. The number of anilines is 1. The molecule has 1 heterocycles. The van der Waals surface area contributed by atoms with E-state index in [4.69, 9.17) is 9.84 Å². The third kappa shape index (κ3) is 3.25. The molecule has 0 aliphatic carbocycles. The van der Waals surface area contributed by atoms with Gasteiger partial charge in [-0.05, 0) is 24.3 Å². The monoisotopic (exact) mass is 333 g/mol. The maximum Gasteiger partial charge on any atom is 0.157 e. The number of ether oxygens (including phenoxy) is 1. The number of nitrogens with one attached hydrogen (secondary N) is 1. The summed E-state index contributed by atoms with van der Waals surface area (Å²) in [5, 5.41) is 40.9. The van der Waals surface area contributed by atoms with Gasteiger partial charge in [0.1, 0.15) is 24.4 Å². The van der Waals surface area contributed by atoms with E-state index in [-0.39, 0.29) is 0 Å². The van der Waals surface area contributed by atoms with E-state index in [1.54, 1.807) is 12.1 Å². The molecule has 1 saturated heterocycles. The highest BCUT2D eigenvalue weighted by Gasteiger charge is 2.45. The molecule has 1 aliphatic rings. The molecule has 1 aromatic carbocycles. The molecule has 0 saturated carbocycles. The van der Waals surface area contributed by atoms with Crippen molar-refractivity contribution in [3.05, 3.63) is 28.7 Å². The van der Waals surface area contributed by atoms with Crippen LogP contribution in [0.4, 0.5) is 5.69 Å². The second-order valence-corrected chi connectivity index (χ2v) is 5.32.